The molecule has 0 amide bonds. The minimum atomic E-state index is 0.737. The number of benzene rings is 2. The molecule has 0 atom stereocenters. The monoisotopic (exact) mass is 326 g/mol. The van der Waals surface area contributed by atoms with Gasteiger partial charge >= 0.3 is 0 Å². The maximum absolute atomic E-state index is 4.75. The lowest BCUT2D eigenvalue weighted by Gasteiger charge is -2.01. The van der Waals surface area contributed by atoms with Crippen molar-refractivity contribution in [1.29, 1.82) is 0 Å². The first-order valence-corrected chi connectivity index (χ1v) is 8.23. The fraction of sp³-hybridized carbons (Fsp3) is 0.0952. The highest BCUT2D eigenvalue weighted by molar-refractivity contribution is 5.74. The third-order valence-corrected chi connectivity index (χ3v) is 4.09. The van der Waals surface area contributed by atoms with E-state index in [0.29, 0.717) is 0 Å². The number of pyridine rings is 1. The number of nitrogens with zero attached hydrogens (tertiary/aromatic N) is 4. The average Bonchev–Trinajstić information content (AvgIpc) is 2.99. The van der Waals surface area contributed by atoms with Crippen molar-refractivity contribution >= 4 is 17.2 Å². The van der Waals surface area contributed by atoms with Crippen molar-refractivity contribution in [2.75, 3.05) is 0 Å². The largest absolute Gasteiger partial charge is 0.283 e. The standard InChI is InChI=1S/C21H18N4/c1-15-9-11-17(12-10-15)20-21(25-13-4-3-8-19(25)22-20)24-23-18-7-5-6-16(2)14-18/h3-14H,1-2H3. The second-order valence-corrected chi connectivity index (χ2v) is 6.12. The predicted molar refractivity (Wildman–Crippen MR) is 101 cm³/mol. The molecule has 4 rings (SSSR count). The summed E-state index contributed by atoms with van der Waals surface area (Å²) >= 11 is 0. The maximum atomic E-state index is 4.75. The third kappa shape index (κ3) is 3.06. The van der Waals surface area contributed by atoms with Gasteiger partial charge in [0.1, 0.15) is 11.3 Å². The number of azo groups is 1. The zero-order valence-corrected chi connectivity index (χ0v) is 14.2. The summed E-state index contributed by atoms with van der Waals surface area (Å²) in [7, 11) is 0. The topological polar surface area (TPSA) is 42.0 Å². The molecule has 25 heavy (non-hydrogen) atoms. The first-order chi connectivity index (χ1) is 12.2. The quantitative estimate of drug-likeness (QED) is 0.424. The highest BCUT2D eigenvalue weighted by Crippen LogP contribution is 2.32. The van der Waals surface area contributed by atoms with Gasteiger partial charge in [-0.3, -0.25) is 4.40 Å². The van der Waals surface area contributed by atoms with Crippen molar-refractivity contribution in [3.05, 3.63) is 84.1 Å². The Morgan fingerprint density at radius 2 is 1.64 bits per heavy atom. The first kappa shape index (κ1) is 15.3. The fourth-order valence-corrected chi connectivity index (χ4v) is 2.78. The summed E-state index contributed by atoms with van der Waals surface area (Å²) in [6.07, 6.45) is 1.96. The second-order valence-electron chi connectivity index (χ2n) is 6.12. The van der Waals surface area contributed by atoms with E-state index in [1.165, 1.54) is 5.56 Å². The van der Waals surface area contributed by atoms with E-state index in [1.807, 2.05) is 60.0 Å². The fourth-order valence-electron chi connectivity index (χ4n) is 2.78. The molecular weight excluding hydrogens is 308 g/mol. The summed E-state index contributed by atoms with van der Waals surface area (Å²) in [5.41, 5.74) is 5.94. The Hall–Kier alpha value is -3.27. The summed E-state index contributed by atoms with van der Waals surface area (Å²) < 4.78 is 1.97. The van der Waals surface area contributed by atoms with Gasteiger partial charge in [-0.05, 0) is 43.7 Å². The van der Waals surface area contributed by atoms with Crippen molar-refractivity contribution in [3.63, 3.8) is 0 Å². The highest BCUT2D eigenvalue weighted by Gasteiger charge is 2.13. The van der Waals surface area contributed by atoms with Crippen LogP contribution in [0.3, 0.4) is 0 Å². The summed E-state index contributed by atoms with van der Waals surface area (Å²) in [6, 6.07) is 22.2. The van der Waals surface area contributed by atoms with Crippen LogP contribution < -0.4 is 0 Å². The Balaban J connectivity index is 1.86. The van der Waals surface area contributed by atoms with Gasteiger partial charge in [-0.15, -0.1) is 10.2 Å². The van der Waals surface area contributed by atoms with Crippen LogP contribution in [-0.4, -0.2) is 9.38 Å². The normalized spacial score (nSPS) is 11.4. The van der Waals surface area contributed by atoms with E-state index in [2.05, 4.69) is 41.4 Å². The molecule has 0 aliphatic carbocycles. The van der Waals surface area contributed by atoms with E-state index in [1.54, 1.807) is 0 Å². The molecule has 0 saturated heterocycles. The van der Waals surface area contributed by atoms with Gasteiger partial charge in [0.25, 0.3) is 0 Å². The van der Waals surface area contributed by atoms with E-state index >= 15 is 0 Å². The van der Waals surface area contributed by atoms with E-state index in [0.717, 1.165) is 34.0 Å². The number of hydrogen-bond acceptors (Lipinski definition) is 3. The number of aryl methyl sites for hydroxylation is 2. The Kier molecular flexibility index (Phi) is 3.86. The van der Waals surface area contributed by atoms with Crippen LogP contribution in [-0.2, 0) is 0 Å². The summed E-state index contributed by atoms with van der Waals surface area (Å²) in [5, 5.41) is 8.96. The SMILES string of the molecule is Cc1ccc(-c2nc3ccccn3c2N=Nc2cccc(C)c2)cc1. The van der Waals surface area contributed by atoms with Crippen molar-refractivity contribution in [2.24, 2.45) is 10.2 Å². The van der Waals surface area contributed by atoms with E-state index < -0.39 is 0 Å². The highest BCUT2D eigenvalue weighted by atomic mass is 15.2. The molecule has 4 heteroatoms. The number of aromatic nitrogens is 2. The molecule has 0 aliphatic heterocycles. The van der Waals surface area contributed by atoms with Crippen LogP contribution in [0.5, 0.6) is 0 Å². The van der Waals surface area contributed by atoms with Gasteiger partial charge in [0.15, 0.2) is 5.82 Å². The van der Waals surface area contributed by atoms with Crippen LogP contribution in [0.2, 0.25) is 0 Å². The summed E-state index contributed by atoms with van der Waals surface area (Å²) in [6.45, 7) is 4.12. The van der Waals surface area contributed by atoms with Crippen LogP contribution in [0.25, 0.3) is 16.9 Å². The van der Waals surface area contributed by atoms with Crippen LogP contribution in [0.4, 0.5) is 11.5 Å². The zero-order valence-electron chi connectivity index (χ0n) is 14.2. The molecule has 0 fully saturated rings. The number of fused-ring (bicyclic) bond motifs is 1. The molecule has 2 aromatic heterocycles. The van der Waals surface area contributed by atoms with E-state index in [9.17, 15) is 0 Å². The van der Waals surface area contributed by atoms with Gasteiger partial charge in [-0.1, -0.05) is 48.0 Å². The molecule has 4 nitrogen and oxygen atoms in total. The molecule has 0 N–H and O–H groups in total. The molecule has 4 aromatic rings. The molecule has 0 spiro atoms. The van der Waals surface area contributed by atoms with E-state index in [4.69, 9.17) is 4.98 Å². The van der Waals surface area contributed by atoms with Crippen molar-refractivity contribution in [3.8, 4) is 11.3 Å². The van der Waals surface area contributed by atoms with Crippen LogP contribution in [0.15, 0.2) is 83.2 Å². The van der Waals surface area contributed by atoms with Crippen molar-refractivity contribution in [2.45, 2.75) is 13.8 Å². The first-order valence-electron chi connectivity index (χ1n) is 8.23. The Bertz CT molecular complexity index is 1060. The van der Waals surface area contributed by atoms with Gasteiger partial charge in [0, 0.05) is 11.8 Å². The molecule has 2 heterocycles. The van der Waals surface area contributed by atoms with Gasteiger partial charge in [0.2, 0.25) is 0 Å². The molecule has 122 valence electrons. The number of hydrogen-bond donors (Lipinski definition) is 0. The lowest BCUT2D eigenvalue weighted by atomic mass is 10.1. The summed E-state index contributed by atoms with van der Waals surface area (Å²) in [4.78, 5) is 4.75. The number of imidazole rings is 1. The van der Waals surface area contributed by atoms with Crippen LogP contribution in [0, 0.1) is 13.8 Å². The molecule has 0 bridgehead atoms. The minimum Gasteiger partial charge on any atom is -0.283 e. The third-order valence-electron chi connectivity index (χ3n) is 4.09. The molecule has 2 aromatic carbocycles. The Morgan fingerprint density at radius 3 is 2.44 bits per heavy atom. The van der Waals surface area contributed by atoms with Crippen molar-refractivity contribution < 1.29 is 0 Å². The van der Waals surface area contributed by atoms with E-state index in [-0.39, 0.29) is 0 Å². The number of rotatable bonds is 3. The van der Waals surface area contributed by atoms with Gasteiger partial charge in [-0.25, -0.2) is 4.98 Å². The Morgan fingerprint density at radius 1 is 0.800 bits per heavy atom. The molecule has 0 aliphatic rings. The molecule has 0 saturated carbocycles. The van der Waals surface area contributed by atoms with Gasteiger partial charge < -0.3 is 0 Å². The van der Waals surface area contributed by atoms with Gasteiger partial charge in [0.05, 0.1) is 5.69 Å². The summed E-state index contributed by atoms with van der Waals surface area (Å²) in [5.74, 6) is 0.737. The molecule has 0 unspecified atom stereocenters. The van der Waals surface area contributed by atoms with Crippen LogP contribution >= 0.6 is 0 Å². The predicted octanol–water partition coefficient (Wildman–Crippen LogP) is 6.03. The second kappa shape index (κ2) is 6.32. The zero-order chi connectivity index (χ0) is 17.2. The van der Waals surface area contributed by atoms with Crippen molar-refractivity contribution in [1.82, 2.24) is 9.38 Å². The van der Waals surface area contributed by atoms with Gasteiger partial charge in [-0.2, -0.15) is 0 Å². The average molecular weight is 326 g/mol. The smallest absolute Gasteiger partial charge is 0.187 e. The maximum Gasteiger partial charge on any atom is 0.187 e. The lowest BCUT2D eigenvalue weighted by Crippen LogP contribution is -1.82. The molecule has 0 radical (unpaired) electrons. The minimum absolute atomic E-state index is 0.737. The lowest BCUT2D eigenvalue weighted by molar-refractivity contribution is 1.10. The Labute approximate surface area is 146 Å². The molecular formula is C21H18N4. The van der Waals surface area contributed by atoms with Crippen LogP contribution in [0.1, 0.15) is 11.1 Å².